The molecule has 0 aliphatic heterocycles. The average molecular weight is 311 g/mol. The third kappa shape index (κ3) is 2.97. The highest BCUT2D eigenvalue weighted by Crippen LogP contribution is 2.25. The third-order valence-corrected chi connectivity index (χ3v) is 4.28. The molecule has 1 amide bonds. The van der Waals surface area contributed by atoms with Crippen molar-refractivity contribution >= 4 is 16.9 Å². The van der Waals surface area contributed by atoms with Crippen LogP contribution >= 0.6 is 0 Å². The van der Waals surface area contributed by atoms with Gasteiger partial charge in [-0.15, -0.1) is 0 Å². The molecule has 1 aromatic carbocycles. The molecule has 0 unspecified atom stereocenters. The lowest BCUT2D eigenvalue weighted by atomic mass is 9.98. The number of rotatable bonds is 5. The minimum Gasteiger partial charge on any atom is -0.342 e. The Hall–Kier alpha value is -2.63. The molecule has 120 valence electrons. The van der Waals surface area contributed by atoms with E-state index in [2.05, 4.69) is 39.3 Å². The Bertz CT molecular complexity index is 786. The lowest BCUT2D eigenvalue weighted by molar-refractivity contribution is 0.0920. The molecule has 2 aromatic heterocycles. The largest absolute Gasteiger partial charge is 0.342 e. The quantitative estimate of drug-likeness (QED) is 0.676. The van der Waals surface area contributed by atoms with E-state index in [-0.39, 0.29) is 17.9 Å². The number of aromatic nitrogens is 4. The van der Waals surface area contributed by atoms with Crippen LogP contribution in [-0.2, 0) is 0 Å². The van der Waals surface area contributed by atoms with Crippen molar-refractivity contribution in [2.45, 2.75) is 33.2 Å². The predicted molar refractivity (Wildman–Crippen MR) is 89.1 cm³/mol. The number of amides is 1. The Labute approximate surface area is 134 Å². The van der Waals surface area contributed by atoms with Crippen molar-refractivity contribution in [3.05, 3.63) is 47.5 Å². The lowest BCUT2D eigenvalue weighted by Crippen LogP contribution is -2.33. The van der Waals surface area contributed by atoms with Crippen LogP contribution in [0.25, 0.3) is 11.0 Å². The van der Waals surface area contributed by atoms with E-state index in [0.717, 1.165) is 29.0 Å². The van der Waals surface area contributed by atoms with Gasteiger partial charge >= 0.3 is 0 Å². The SMILES string of the molecule is CC[C@H](C)[C@@H](NC(=O)c1cn[nH]c1C)c1nc2ccccc2[nH]1. The summed E-state index contributed by atoms with van der Waals surface area (Å²) in [4.78, 5) is 20.5. The van der Waals surface area contributed by atoms with Crippen LogP contribution in [0.1, 0.15) is 48.2 Å². The van der Waals surface area contributed by atoms with Gasteiger partial charge in [-0.05, 0) is 25.0 Å². The normalized spacial score (nSPS) is 13.9. The van der Waals surface area contributed by atoms with Gasteiger partial charge in [0, 0.05) is 5.69 Å². The van der Waals surface area contributed by atoms with E-state index in [1.807, 2.05) is 31.2 Å². The number of hydrogen-bond donors (Lipinski definition) is 3. The Kier molecular flexibility index (Phi) is 4.14. The summed E-state index contributed by atoms with van der Waals surface area (Å²) in [6.45, 7) is 6.05. The second-order valence-corrected chi connectivity index (χ2v) is 5.88. The molecule has 3 rings (SSSR count). The van der Waals surface area contributed by atoms with Crippen molar-refractivity contribution in [3.8, 4) is 0 Å². The van der Waals surface area contributed by atoms with Crippen molar-refractivity contribution in [2.75, 3.05) is 0 Å². The molecular weight excluding hydrogens is 290 g/mol. The molecule has 0 aliphatic carbocycles. The van der Waals surface area contributed by atoms with Gasteiger partial charge < -0.3 is 10.3 Å². The lowest BCUT2D eigenvalue weighted by Gasteiger charge is -2.22. The van der Waals surface area contributed by atoms with E-state index in [9.17, 15) is 4.79 Å². The molecule has 2 atom stereocenters. The molecule has 6 heteroatoms. The fraction of sp³-hybridized carbons (Fsp3) is 0.353. The second kappa shape index (κ2) is 6.24. The average Bonchev–Trinajstić information content (AvgIpc) is 3.17. The fourth-order valence-electron chi connectivity index (χ4n) is 2.63. The van der Waals surface area contributed by atoms with Crippen LogP contribution in [0.2, 0.25) is 0 Å². The molecule has 23 heavy (non-hydrogen) atoms. The molecule has 3 aromatic rings. The van der Waals surface area contributed by atoms with Gasteiger partial charge in [0.25, 0.3) is 5.91 Å². The maximum absolute atomic E-state index is 12.5. The molecule has 0 fully saturated rings. The first-order valence-electron chi connectivity index (χ1n) is 7.85. The zero-order chi connectivity index (χ0) is 16.4. The summed E-state index contributed by atoms with van der Waals surface area (Å²) < 4.78 is 0. The van der Waals surface area contributed by atoms with Gasteiger partial charge in [0.1, 0.15) is 5.82 Å². The standard InChI is InChI=1S/C17H21N5O/c1-4-10(2)15(21-17(23)12-9-18-22-11(12)3)16-19-13-7-5-6-8-14(13)20-16/h5-10,15H,4H2,1-3H3,(H,18,22)(H,19,20)(H,21,23)/t10-,15+/m0/s1. The van der Waals surface area contributed by atoms with Gasteiger partial charge in [0.2, 0.25) is 0 Å². The van der Waals surface area contributed by atoms with Gasteiger partial charge in [0.05, 0.1) is 28.8 Å². The molecule has 0 bridgehead atoms. The summed E-state index contributed by atoms with van der Waals surface area (Å²) in [6, 6.07) is 7.70. The van der Waals surface area contributed by atoms with Crippen LogP contribution in [0, 0.1) is 12.8 Å². The van der Waals surface area contributed by atoms with E-state index < -0.39 is 0 Å². The van der Waals surface area contributed by atoms with E-state index in [1.165, 1.54) is 0 Å². The van der Waals surface area contributed by atoms with Gasteiger partial charge in [-0.2, -0.15) is 5.10 Å². The zero-order valence-corrected chi connectivity index (χ0v) is 13.6. The number of carbonyl (C=O) groups is 1. The smallest absolute Gasteiger partial charge is 0.255 e. The summed E-state index contributed by atoms with van der Waals surface area (Å²) in [7, 11) is 0. The van der Waals surface area contributed by atoms with Crippen LogP contribution in [0.15, 0.2) is 30.5 Å². The minimum absolute atomic E-state index is 0.137. The molecule has 0 saturated heterocycles. The van der Waals surface area contributed by atoms with Gasteiger partial charge in [0.15, 0.2) is 0 Å². The van der Waals surface area contributed by atoms with Crippen LogP contribution in [0.5, 0.6) is 0 Å². The molecule has 3 N–H and O–H groups in total. The molecule has 6 nitrogen and oxygen atoms in total. The predicted octanol–water partition coefficient (Wildman–Crippen LogP) is 3.11. The fourth-order valence-corrected chi connectivity index (χ4v) is 2.63. The summed E-state index contributed by atoms with van der Waals surface area (Å²) in [6.07, 6.45) is 2.49. The summed E-state index contributed by atoms with van der Waals surface area (Å²) in [5.41, 5.74) is 3.21. The maximum atomic E-state index is 12.5. The number of nitrogens with one attached hydrogen (secondary N) is 3. The van der Waals surface area contributed by atoms with Crippen molar-refractivity contribution in [1.82, 2.24) is 25.5 Å². The van der Waals surface area contributed by atoms with E-state index in [0.29, 0.717) is 5.56 Å². The van der Waals surface area contributed by atoms with E-state index >= 15 is 0 Å². The monoisotopic (exact) mass is 311 g/mol. The Morgan fingerprint density at radius 3 is 2.78 bits per heavy atom. The van der Waals surface area contributed by atoms with Gasteiger partial charge in [-0.25, -0.2) is 4.98 Å². The first kappa shape index (κ1) is 15.3. The zero-order valence-electron chi connectivity index (χ0n) is 13.6. The van der Waals surface area contributed by atoms with Crippen molar-refractivity contribution in [1.29, 1.82) is 0 Å². The summed E-state index contributed by atoms with van der Waals surface area (Å²) in [5.74, 6) is 0.906. The van der Waals surface area contributed by atoms with Gasteiger partial charge in [-0.1, -0.05) is 32.4 Å². The number of benzene rings is 1. The van der Waals surface area contributed by atoms with Crippen molar-refractivity contribution in [3.63, 3.8) is 0 Å². The van der Waals surface area contributed by atoms with Crippen LogP contribution < -0.4 is 5.32 Å². The Morgan fingerprint density at radius 2 is 2.13 bits per heavy atom. The number of para-hydroxylation sites is 2. The van der Waals surface area contributed by atoms with Crippen molar-refractivity contribution < 1.29 is 4.79 Å². The van der Waals surface area contributed by atoms with Crippen LogP contribution in [0.3, 0.4) is 0 Å². The number of H-pyrrole nitrogens is 2. The number of nitrogens with zero attached hydrogens (tertiary/aromatic N) is 2. The Morgan fingerprint density at radius 1 is 1.35 bits per heavy atom. The highest BCUT2D eigenvalue weighted by molar-refractivity contribution is 5.95. The van der Waals surface area contributed by atoms with Gasteiger partial charge in [-0.3, -0.25) is 9.89 Å². The minimum atomic E-state index is -0.172. The van der Waals surface area contributed by atoms with E-state index in [1.54, 1.807) is 6.20 Å². The third-order valence-electron chi connectivity index (χ3n) is 4.28. The highest BCUT2D eigenvalue weighted by atomic mass is 16.1. The Balaban J connectivity index is 1.91. The number of aromatic amines is 2. The second-order valence-electron chi connectivity index (χ2n) is 5.88. The number of carbonyl (C=O) groups excluding carboxylic acids is 1. The molecule has 0 aliphatic rings. The number of hydrogen-bond acceptors (Lipinski definition) is 3. The highest BCUT2D eigenvalue weighted by Gasteiger charge is 2.25. The van der Waals surface area contributed by atoms with Crippen molar-refractivity contribution in [2.24, 2.45) is 5.92 Å². The van der Waals surface area contributed by atoms with Crippen LogP contribution in [0.4, 0.5) is 0 Å². The maximum Gasteiger partial charge on any atom is 0.255 e. The van der Waals surface area contributed by atoms with Crippen LogP contribution in [-0.4, -0.2) is 26.1 Å². The molecule has 0 radical (unpaired) electrons. The molecule has 0 spiro atoms. The first-order valence-corrected chi connectivity index (χ1v) is 7.85. The first-order chi connectivity index (χ1) is 11.1. The summed E-state index contributed by atoms with van der Waals surface area (Å²) in [5, 5.41) is 9.80. The topological polar surface area (TPSA) is 86.5 Å². The molecule has 2 heterocycles. The number of fused-ring (bicyclic) bond motifs is 1. The summed E-state index contributed by atoms with van der Waals surface area (Å²) >= 11 is 0. The number of imidazole rings is 1. The molecule has 0 saturated carbocycles. The molecular formula is C17H21N5O. The number of aryl methyl sites for hydroxylation is 1. The van der Waals surface area contributed by atoms with E-state index in [4.69, 9.17) is 0 Å².